The Kier molecular flexibility index (Phi) is 7.78. The first kappa shape index (κ1) is 16.2. The molecule has 0 aliphatic heterocycles. The van der Waals surface area contributed by atoms with E-state index in [1.807, 2.05) is 0 Å². The number of alkyl halides is 1. The highest BCUT2D eigenvalue weighted by Crippen LogP contribution is 2.18. The summed E-state index contributed by atoms with van der Waals surface area (Å²) in [5, 5.41) is 2.83. The molecule has 1 rings (SSSR count). The second kappa shape index (κ2) is 9.12. The first-order valence-electron chi connectivity index (χ1n) is 6.36. The van der Waals surface area contributed by atoms with E-state index in [0.29, 0.717) is 12.1 Å². The first-order valence-corrected chi connectivity index (χ1v) is 7.89. The van der Waals surface area contributed by atoms with Gasteiger partial charge in [-0.2, -0.15) is 0 Å². The molecule has 0 unspecified atom stereocenters. The quantitative estimate of drug-likeness (QED) is 0.426. The lowest BCUT2D eigenvalue weighted by molar-refractivity contribution is 0.0952. The molecule has 1 aromatic carbocycles. The fourth-order valence-corrected chi connectivity index (χ4v) is 2.22. The number of hydrogen-bond acceptors (Lipinski definition) is 2. The minimum atomic E-state index is -0.460. The van der Waals surface area contributed by atoms with E-state index >= 15 is 0 Å². The molecule has 0 atom stereocenters. The first-order chi connectivity index (χ1) is 9.19. The average molecular weight is 379 g/mol. The summed E-state index contributed by atoms with van der Waals surface area (Å²) in [6.07, 6.45) is 4.52. The fourth-order valence-electron chi connectivity index (χ4n) is 1.68. The molecule has 3 nitrogen and oxygen atoms in total. The molecule has 1 amide bonds. The van der Waals surface area contributed by atoms with Gasteiger partial charge in [0.25, 0.3) is 5.91 Å². The Morgan fingerprint density at radius 2 is 2.05 bits per heavy atom. The van der Waals surface area contributed by atoms with Crippen molar-refractivity contribution in [3.63, 3.8) is 0 Å². The summed E-state index contributed by atoms with van der Waals surface area (Å²) in [6, 6.07) is 4.12. The van der Waals surface area contributed by atoms with Crippen molar-refractivity contribution in [1.29, 1.82) is 0 Å². The molecule has 0 radical (unpaired) electrons. The van der Waals surface area contributed by atoms with Crippen LogP contribution >= 0.6 is 22.6 Å². The van der Waals surface area contributed by atoms with Gasteiger partial charge < -0.3 is 10.1 Å². The van der Waals surface area contributed by atoms with Gasteiger partial charge in [0.2, 0.25) is 0 Å². The second-order valence-corrected chi connectivity index (χ2v) is 5.29. The Morgan fingerprint density at radius 1 is 1.32 bits per heavy atom. The number of halogens is 2. The van der Waals surface area contributed by atoms with Gasteiger partial charge in [-0.25, -0.2) is 4.39 Å². The van der Waals surface area contributed by atoms with Gasteiger partial charge >= 0.3 is 0 Å². The zero-order valence-corrected chi connectivity index (χ0v) is 13.2. The molecule has 0 aromatic heterocycles. The highest BCUT2D eigenvalue weighted by Gasteiger charge is 2.09. The van der Waals surface area contributed by atoms with Crippen LogP contribution < -0.4 is 10.1 Å². The molecular formula is C14H19FINO2. The topological polar surface area (TPSA) is 38.3 Å². The number of unbranched alkanes of at least 4 members (excludes halogenated alkanes) is 3. The molecule has 19 heavy (non-hydrogen) atoms. The van der Waals surface area contributed by atoms with E-state index in [2.05, 4.69) is 27.9 Å². The molecule has 0 heterocycles. The molecule has 0 fully saturated rings. The van der Waals surface area contributed by atoms with Crippen LogP contribution in [0.25, 0.3) is 0 Å². The smallest absolute Gasteiger partial charge is 0.251 e. The maximum absolute atomic E-state index is 13.2. The highest BCUT2D eigenvalue weighted by atomic mass is 127. The van der Waals surface area contributed by atoms with Gasteiger partial charge in [0.1, 0.15) is 0 Å². The Hall–Kier alpha value is -0.850. The fraction of sp³-hybridized carbons (Fsp3) is 0.500. The van der Waals surface area contributed by atoms with Crippen molar-refractivity contribution in [3.05, 3.63) is 29.6 Å². The monoisotopic (exact) mass is 379 g/mol. The van der Waals surface area contributed by atoms with E-state index in [0.717, 1.165) is 12.8 Å². The second-order valence-electron chi connectivity index (χ2n) is 4.21. The zero-order valence-electron chi connectivity index (χ0n) is 11.0. The average Bonchev–Trinajstić information content (AvgIpc) is 2.43. The lowest BCUT2D eigenvalue weighted by Gasteiger charge is -2.07. The number of hydrogen-bond donors (Lipinski definition) is 1. The van der Waals surface area contributed by atoms with E-state index in [9.17, 15) is 9.18 Å². The van der Waals surface area contributed by atoms with Crippen molar-refractivity contribution in [2.75, 3.05) is 18.1 Å². The van der Waals surface area contributed by atoms with Crippen LogP contribution in [0.1, 0.15) is 36.0 Å². The lowest BCUT2D eigenvalue weighted by Crippen LogP contribution is -2.24. The van der Waals surface area contributed by atoms with Crippen LogP contribution in [-0.2, 0) is 0 Å². The highest BCUT2D eigenvalue weighted by molar-refractivity contribution is 14.1. The summed E-state index contributed by atoms with van der Waals surface area (Å²) in [6.45, 7) is 0.653. The Bertz CT molecular complexity index is 412. The molecule has 1 aromatic rings. The van der Waals surface area contributed by atoms with Gasteiger partial charge in [-0.1, -0.05) is 35.4 Å². The molecule has 5 heteroatoms. The minimum absolute atomic E-state index is 0.0923. The molecule has 106 valence electrons. The van der Waals surface area contributed by atoms with Gasteiger partial charge in [-0.05, 0) is 35.5 Å². The summed E-state index contributed by atoms with van der Waals surface area (Å²) in [4.78, 5) is 11.8. The maximum atomic E-state index is 13.2. The van der Waals surface area contributed by atoms with Crippen molar-refractivity contribution in [2.45, 2.75) is 25.7 Å². The summed E-state index contributed by atoms with van der Waals surface area (Å²) in [7, 11) is 1.38. The van der Waals surface area contributed by atoms with Crippen LogP contribution in [0.3, 0.4) is 0 Å². The van der Waals surface area contributed by atoms with Gasteiger partial charge in [-0.15, -0.1) is 0 Å². The van der Waals surface area contributed by atoms with Gasteiger partial charge in [-0.3, -0.25) is 4.79 Å². The summed E-state index contributed by atoms with van der Waals surface area (Å²) < 4.78 is 19.2. The van der Waals surface area contributed by atoms with Crippen LogP contribution in [-0.4, -0.2) is 24.0 Å². The van der Waals surface area contributed by atoms with Crippen molar-refractivity contribution in [3.8, 4) is 5.75 Å². The largest absolute Gasteiger partial charge is 0.494 e. The Balaban J connectivity index is 2.37. The minimum Gasteiger partial charge on any atom is -0.494 e. The molecule has 0 saturated carbocycles. The molecule has 1 N–H and O–H groups in total. The van der Waals surface area contributed by atoms with Crippen molar-refractivity contribution >= 4 is 28.5 Å². The maximum Gasteiger partial charge on any atom is 0.251 e. The molecule has 0 aliphatic rings. The van der Waals surface area contributed by atoms with E-state index in [1.54, 1.807) is 0 Å². The molecule has 0 spiro atoms. The van der Waals surface area contributed by atoms with Gasteiger partial charge in [0, 0.05) is 12.1 Å². The van der Waals surface area contributed by atoms with Gasteiger partial charge in [0.05, 0.1) is 7.11 Å². The number of carbonyl (C=O) groups excluding carboxylic acids is 1. The van der Waals surface area contributed by atoms with Crippen LogP contribution in [0.5, 0.6) is 5.75 Å². The third-order valence-corrected chi connectivity index (χ3v) is 3.52. The SMILES string of the molecule is COc1cc(C(=O)NCCCCCCI)ccc1F. The Labute approximate surface area is 127 Å². The van der Waals surface area contributed by atoms with Crippen LogP contribution in [0.4, 0.5) is 4.39 Å². The van der Waals surface area contributed by atoms with E-state index in [4.69, 9.17) is 4.74 Å². The standard InChI is InChI=1S/C14H19FINO2/c1-19-13-10-11(6-7-12(13)15)14(18)17-9-5-3-2-4-8-16/h6-7,10H,2-5,8-9H2,1H3,(H,17,18). The summed E-state index contributed by atoms with van der Waals surface area (Å²) in [5.41, 5.74) is 0.422. The van der Waals surface area contributed by atoms with E-state index in [-0.39, 0.29) is 11.7 Å². The number of carbonyl (C=O) groups is 1. The summed E-state index contributed by atoms with van der Waals surface area (Å²) >= 11 is 2.36. The van der Waals surface area contributed by atoms with Gasteiger partial charge in [0.15, 0.2) is 11.6 Å². The third kappa shape index (κ3) is 5.76. The van der Waals surface area contributed by atoms with Crippen LogP contribution in [0, 0.1) is 5.82 Å². The van der Waals surface area contributed by atoms with Crippen molar-refractivity contribution in [2.24, 2.45) is 0 Å². The molecule has 0 aliphatic carbocycles. The number of nitrogens with one attached hydrogen (secondary N) is 1. The number of benzene rings is 1. The number of rotatable bonds is 8. The van der Waals surface area contributed by atoms with Crippen molar-refractivity contribution in [1.82, 2.24) is 5.32 Å². The predicted octanol–water partition coefficient (Wildman–Crippen LogP) is 3.56. The van der Waals surface area contributed by atoms with Crippen LogP contribution in [0.2, 0.25) is 0 Å². The van der Waals surface area contributed by atoms with Crippen LogP contribution in [0.15, 0.2) is 18.2 Å². The normalized spacial score (nSPS) is 10.3. The number of ether oxygens (including phenoxy) is 1. The zero-order chi connectivity index (χ0) is 14.1. The predicted molar refractivity (Wildman–Crippen MR) is 82.6 cm³/mol. The number of methoxy groups -OCH3 is 1. The number of amides is 1. The van der Waals surface area contributed by atoms with E-state index < -0.39 is 5.82 Å². The molecule has 0 saturated heterocycles. The summed E-state index contributed by atoms with van der Waals surface area (Å²) in [5.74, 6) is -0.556. The molecule has 0 bridgehead atoms. The lowest BCUT2D eigenvalue weighted by atomic mass is 10.2. The Morgan fingerprint density at radius 3 is 2.74 bits per heavy atom. The third-order valence-electron chi connectivity index (χ3n) is 2.76. The van der Waals surface area contributed by atoms with Crippen molar-refractivity contribution < 1.29 is 13.9 Å². The van der Waals surface area contributed by atoms with E-state index in [1.165, 1.54) is 42.6 Å². The molecular weight excluding hydrogens is 360 g/mol.